The fourth-order valence-electron chi connectivity index (χ4n) is 2.18. The molecule has 0 aliphatic heterocycles. The minimum absolute atomic E-state index is 0.469. The van der Waals surface area contributed by atoms with Gasteiger partial charge in [-0.05, 0) is 61.6 Å². The van der Waals surface area contributed by atoms with Gasteiger partial charge in [-0.2, -0.15) is 0 Å². The second kappa shape index (κ2) is 3.59. The molecule has 3 rings (SSSR count). The lowest BCUT2D eigenvalue weighted by Gasteiger charge is -2.07. The zero-order valence-electron chi connectivity index (χ0n) is 10.1. The number of allylic oxidation sites excluding steroid dienone is 1. The Balaban J connectivity index is 2.25. The van der Waals surface area contributed by atoms with Crippen LogP contribution in [0.3, 0.4) is 0 Å². The smallest absolute Gasteiger partial charge is 0.122 e. The number of rotatable bonds is 1. The molecule has 1 heterocycles. The van der Waals surface area contributed by atoms with E-state index in [9.17, 15) is 5.11 Å². The molecule has 0 unspecified atom stereocenters. The Kier molecular flexibility index (Phi) is 2.18. The maximum absolute atomic E-state index is 10.1. The summed E-state index contributed by atoms with van der Waals surface area (Å²) >= 11 is 0. The van der Waals surface area contributed by atoms with Gasteiger partial charge in [-0.15, -0.1) is 0 Å². The van der Waals surface area contributed by atoms with E-state index < -0.39 is 0 Å². The van der Waals surface area contributed by atoms with E-state index in [1.165, 1.54) is 5.57 Å². The molecule has 1 aliphatic rings. The van der Waals surface area contributed by atoms with Gasteiger partial charge in [0.1, 0.15) is 5.76 Å². The molecule has 0 atom stereocenters. The number of aryl methyl sites for hydroxylation is 2. The molecule has 1 fully saturated rings. The van der Waals surface area contributed by atoms with Crippen molar-refractivity contribution in [2.75, 3.05) is 0 Å². The van der Waals surface area contributed by atoms with Crippen LogP contribution in [0.5, 0.6) is 0 Å². The van der Waals surface area contributed by atoms with Crippen LogP contribution in [0.4, 0.5) is 0 Å². The van der Waals surface area contributed by atoms with E-state index in [0.29, 0.717) is 5.76 Å². The number of benzene rings is 1. The summed E-state index contributed by atoms with van der Waals surface area (Å²) in [5.41, 5.74) is 5.38. The molecular weight excluding hydrogens is 210 g/mol. The summed E-state index contributed by atoms with van der Waals surface area (Å²) in [4.78, 5) is 4.44. The molecule has 0 saturated heterocycles. The first-order valence-corrected chi connectivity index (χ1v) is 5.93. The molecule has 0 bridgehead atoms. The lowest BCUT2D eigenvalue weighted by molar-refractivity contribution is 0.509. The van der Waals surface area contributed by atoms with Crippen molar-refractivity contribution in [1.29, 1.82) is 0 Å². The quantitative estimate of drug-likeness (QED) is 0.746. The van der Waals surface area contributed by atoms with Crippen LogP contribution in [0, 0.1) is 13.8 Å². The molecule has 0 radical (unpaired) electrons. The first kappa shape index (κ1) is 10.3. The summed E-state index contributed by atoms with van der Waals surface area (Å²) in [7, 11) is 0. The lowest BCUT2D eigenvalue weighted by atomic mass is 10.0. The molecule has 0 amide bonds. The maximum atomic E-state index is 10.1. The summed E-state index contributed by atoms with van der Waals surface area (Å²) in [6.45, 7) is 4.08. The average Bonchev–Trinajstić information content (AvgIpc) is 3.11. The van der Waals surface area contributed by atoms with Crippen LogP contribution in [0.25, 0.3) is 16.7 Å². The van der Waals surface area contributed by atoms with Gasteiger partial charge in [0, 0.05) is 17.1 Å². The average molecular weight is 225 g/mol. The van der Waals surface area contributed by atoms with Gasteiger partial charge in [-0.1, -0.05) is 0 Å². The number of aliphatic hydroxyl groups excluding tert-OH is 1. The molecule has 86 valence electrons. The lowest BCUT2D eigenvalue weighted by Crippen LogP contribution is -1.90. The zero-order valence-corrected chi connectivity index (χ0v) is 10.1. The molecule has 2 aromatic rings. The van der Waals surface area contributed by atoms with Crippen molar-refractivity contribution in [1.82, 2.24) is 4.98 Å². The van der Waals surface area contributed by atoms with Crippen molar-refractivity contribution in [3.8, 4) is 0 Å². The molecule has 17 heavy (non-hydrogen) atoms. The van der Waals surface area contributed by atoms with Gasteiger partial charge >= 0.3 is 0 Å². The molecule has 1 saturated carbocycles. The Morgan fingerprint density at radius 3 is 2.65 bits per heavy atom. The third kappa shape index (κ3) is 1.80. The predicted octanol–water partition coefficient (Wildman–Crippen LogP) is 3.91. The number of hydrogen-bond donors (Lipinski definition) is 1. The van der Waals surface area contributed by atoms with E-state index in [4.69, 9.17) is 0 Å². The van der Waals surface area contributed by atoms with Gasteiger partial charge in [0.15, 0.2) is 0 Å². The predicted molar refractivity (Wildman–Crippen MR) is 70.0 cm³/mol. The maximum Gasteiger partial charge on any atom is 0.122 e. The van der Waals surface area contributed by atoms with Gasteiger partial charge in [-0.3, -0.25) is 4.98 Å². The largest absolute Gasteiger partial charge is 0.507 e. The highest BCUT2D eigenvalue weighted by molar-refractivity contribution is 5.86. The molecule has 1 aromatic carbocycles. The highest BCUT2D eigenvalue weighted by Crippen LogP contribution is 2.36. The van der Waals surface area contributed by atoms with Gasteiger partial charge in [-0.25, -0.2) is 0 Å². The van der Waals surface area contributed by atoms with Gasteiger partial charge in [0.2, 0.25) is 0 Å². The van der Waals surface area contributed by atoms with Gasteiger partial charge in [0.25, 0.3) is 0 Å². The fraction of sp³-hybridized carbons (Fsp3) is 0.267. The van der Waals surface area contributed by atoms with Crippen LogP contribution in [-0.2, 0) is 0 Å². The van der Waals surface area contributed by atoms with Gasteiger partial charge in [0.05, 0.1) is 5.52 Å². The van der Waals surface area contributed by atoms with Crippen molar-refractivity contribution < 1.29 is 5.11 Å². The number of aromatic nitrogens is 1. The Morgan fingerprint density at radius 1 is 1.18 bits per heavy atom. The number of fused-ring (bicyclic) bond motifs is 1. The van der Waals surface area contributed by atoms with Crippen LogP contribution in [0.15, 0.2) is 30.0 Å². The first-order valence-electron chi connectivity index (χ1n) is 5.93. The van der Waals surface area contributed by atoms with Crippen LogP contribution in [-0.4, -0.2) is 10.1 Å². The SMILES string of the molecule is Cc1cnc2c(C)cc(C(O)=C3CC3)cc2c1. The van der Waals surface area contributed by atoms with Crippen LogP contribution in [0.2, 0.25) is 0 Å². The molecule has 0 spiro atoms. The number of hydrogen-bond acceptors (Lipinski definition) is 2. The standard InChI is InChI=1S/C15H15NO/c1-9-5-12-7-13(15(17)11-3-4-11)6-10(2)14(12)16-8-9/h5-8,17H,3-4H2,1-2H3. The molecule has 1 aromatic heterocycles. The van der Waals surface area contributed by atoms with E-state index >= 15 is 0 Å². The normalized spacial score (nSPS) is 14.1. The Hall–Kier alpha value is -1.83. The highest BCUT2D eigenvalue weighted by atomic mass is 16.3. The van der Waals surface area contributed by atoms with Crippen molar-refractivity contribution in [3.05, 3.63) is 46.7 Å². The second-order valence-corrected chi connectivity index (χ2v) is 4.83. The summed E-state index contributed by atoms with van der Waals surface area (Å²) in [5, 5.41) is 11.2. The first-order chi connectivity index (χ1) is 8.15. The summed E-state index contributed by atoms with van der Waals surface area (Å²) in [6.07, 6.45) is 3.96. The Morgan fingerprint density at radius 2 is 1.94 bits per heavy atom. The van der Waals surface area contributed by atoms with Crippen LogP contribution in [0.1, 0.15) is 29.5 Å². The third-order valence-electron chi connectivity index (χ3n) is 3.22. The second-order valence-electron chi connectivity index (χ2n) is 4.83. The fourth-order valence-corrected chi connectivity index (χ4v) is 2.18. The van der Waals surface area contributed by atoms with E-state index in [1.54, 1.807) is 0 Å². The number of nitrogens with zero attached hydrogens (tertiary/aromatic N) is 1. The van der Waals surface area contributed by atoms with Gasteiger partial charge < -0.3 is 5.11 Å². The molecule has 2 heteroatoms. The Bertz CT molecular complexity index is 635. The van der Waals surface area contributed by atoms with Crippen LogP contribution >= 0.6 is 0 Å². The topological polar surface area (TPSA) is 33.1 Å². The highest BCUT2D eigenvalue weighted by Gasteiger charge is 2.19. The van der Waals surface area contributed by atoms with E-state index in [-0.39, 0.29) is 0 Å². The monoisotopic (exact) mass is 225 g/mol. The molecule has 1 aliphatic carbocycles. The Labute approximate surface area is 101 Å². The summed E-state index contributed by atoms with van der Waals surface area (Å²) in [6, 6.07) is 6.16. The van der Waals surface area contributed by atoms with Crippen molar-refractivity contribution in [3.63, 3.8) is 0 Å². The van der Waals surface area contributed by atoms with Crippen molar-refractivity contribution >= 4 is 16.7 Å². The van der Waals surface area contributed by atoms with Crippen molar-refractivity contribution in [2.24, 2.45) is 0 Å². The minimum Gasteiger partial charge on any atom is -0.507 e. The summed E-state index contributed by atoms with van der Waals surface area (Å²) in [5.74, 6) is 0.469. The molecule has 2 nitrogen and oxygen atoms in total. The molecular formula is C15H15NO. The molecule has 1 N–H and O–H groups in total. The van der Waals surface area contributed by atoms with E-state index in [2.05, 4.69) is 11.1 Å². The minimum atomic E-state index is 0.469. The van der Waals surface area contributed by atoms with E-state index in [0.717, 1.165) is 40.4 Å². The van der Waals surface area contributed by atoms with Crippen molar-refractivity contribution in [2.45, 2.75) is 26.7 Å². The number of pyridine rings is 1. The van der Waals surface area contributed by atoms with E-state index in [1.807, 2.05) is 32.2 Å². The van der Waals surface area contributed by atoms with Crippen LogP contribution < -0.4 is 0 Å². The third-order valence-corrected chi connectivity index (χ3v) is 3.22. The zero-order chi connectivity index (χ0) is 12.0. The number of aliphatic hydroxyl groups is 1. The summed E-state index contributed by atoms with van der Waals surface area (Å²) < 4.78 is 0.